The molecule has 2 aromatic rings. The van der Waals surface area contributed by atoms with Crippen LogP contribution in [0.5, 0.6) is 11.5 Å². The molecule has 1 fully saturated rings. The number of nitrogens with two attached hydrogens (primary N) is 1. The average Bonchev–Trinajstić information content (AvgIpc) is 2.75. The van der Waals surface area contributed by atoms with E-state index in [9.17, 15) is 0 Å². The van der Waals surface area contributed by atoms with Gasteiger partial charge in [0.15, 0.2) is 11.5 Å². The third kappa shape index (κ3) is 6.48. The minimum atomic E-state index is 0.00121. The van der Waals surface area contributed by atoms with Gasteiger partial charge in [-0.2, -0.15) is 0 Å². The highest BCUT2D eigenvalue weighted by atomic mass is 16.5. The first-order valence-corrected chi connectivity index (χ1v) is 11.2. The van der Waals surface area contributed by atoms with Crippen LogP contribution in [0.25, 0.3) is 0 Å². The number of rotatable bonds is 10. The zero-order chi connectivity index (χ0) is 21.4. The summed E-state index contributed by atoms with van der Waals surface area (Å²) in [4.78, 5) is 0. The summed E-state index contributed by atoms with van der Waals surface area (Å²) in [5.74, 6) is 3.00. The van der Waals surface area contributed by atoms with Gasteiger partial charge in [0.1, 0.15) is 6.54 Å². The molecule has 2 atom stereocenters. The van der Waals surface area contributed by atoms with Crippen LogP contribution in [0.4, 0.5) is 0 Å². The van der Waals surface area contributed by atoms with Gasteiger partial charge in [-0.1, -0.05) is 30.3 Å². The molecular weight excluding hydrogens is 374 g/mol. The van der Waals surface area contributed by atoms with Gasteiger partial charge in [0.25, 0.3) is 0 Å². The summed E-state index contributed by atoms with van der Waals surface area (Å²) in [6.45, 7) is 7.45. The molecule has 1 saturated heterocycles. The van der Waals surface area contributed by atoms with Crippen LogP contribution in [0.3, 0.4) is 0 Å². The highest BCUT2D eigenvalue weighted by Crippen LogP contribution is 2.36. The molecule has 0 radical (unpaired) electrons. The quantitative estimate of drug-likeness (QED) is 0.594. The van der Waals surface area contributed by atoms with Crippen LogP contribution in [0, 0.1) is 11.8 Å². The maximum Gasteiger partial charge on any atom is 0.161 e. The normalized spacial score (nSPS) is 19.3. The van der Waals surface area contributed by atoms with Gasteiger partial charge in [0, 0.05) is 12.2 Å². The molecule has 3 rings (SSSR count). The average molecular weight is 413 g/mol. The lowest BCUT2D eigenvalue weighted by Gasteiger charge is -2.39. The second-order valence-electron chi connectivity index (χ2n) is 9.07. The van der Waals surface area contributed by atoms with Crippen molar-refractivity contribution in [1.29, 1.82) is 0 Å². The molecule has 164 valence electrons. The summed E-state index contributed by atoms with van der Waals surface area (Å²) < 4.78 is 16.8. The summed E-state index contributed by atoms with van der Waals surface area (Å²) in [6.07, 6.45) is 4.71. The Morgan fingerprint density at radius 1 is 1.03 bits per heavy atom. The predicted octanol–water partition coefficient (Wildman–Crippen LogP) is 4.22. The number of ether oxygens (including phenoxy) is 3. The van der Waals surface area contributed by atoms with Crippen molar-refractivity contribution in [3.8, 4) is 11.5 Å². The molecule has 4 nitrogen and oxygen atoms in total. The van der Waals surface area contributed by atoms with Crippen LogP contribution < -0.4 is 14.8 Å². The highest BCUT2D eigenvalue weighted by Gasteiger charge is 2.33. The molecule has 4 heteroatoms. The molecule has 2 aromatic carbocycles. The van der Waals surface area contributed by atoms with Crippen molar-refractivity contribution in [3.63, 3.8) is 0 Å². The van der Waals surface area contributed by atoms with Gasteiger partial charge >= 0.3 is 0 Å². The molecule has 0 saturated carbocycles. The van der Waals surface area contributed by atoms with Crippen molar-refractivity contribution >= 4 is 0 Å². The van der Waals surface area contributed by atoms with Gasteiger partial charge in [-0.05, 0) is 75.1 Å². The van der Waals surface area contributed by atoms with Crippen LogP contribution in [0.1, 0.15) is 44.2 Å². The Hall–Kier alpha value is -2.04. The molecule has 0 spiro atoms. The maximum absolute atomic E-state index is 5.99. The van der Waals surface area contributed by atoms with Gasteiger partial charge in [-0.15, -0.1) is 0 Å². The zero-order valence-electron chi connectivity index (χ0n) is 19.0. The number of hydrogen-bond acceptors (Lipinski definition) is 3. The van der Waals surface area contributed by atoms with Crippen molar-refractivity contribution in [3.05, 3.63) is 59.7 Å². The van der Waals surface area contributed by atoms with E-state index in [1.54, 1.807) is 14.2 Å². The minimum Gasteiger partial charge on any atom is -0.493 e. The Labute approximate surface area is 181 Å². The predicted molar refractivity (Wildman–Crippen MR) is 121 cm³/mol. The monoisotopic (exact) mass is 412 g/mol. The number of benzene rings is 2. The van der Waals surface area contributed by atoms with E-state index in [-0.39, 0.29) is 5.60 Å². The topological polar surface area (TPSA) is 44.3 Å². The molecule has 0 unspecified atom stereocenters. The molecule has 0 bridgehead atoms. The molecule has 1 aliphatic rings. The molecule has 0 aliphatic carbocycles. The summed E-state index contributed by atoms with van der Waals surface area (Å²) in [5, 5.41) is 2.42. The number of methoxy groups -OCH3 is 2. The standard InChI is InChI=1S/C26H37NO3/c1-26(2)18-23(13-15-30-26)22(16-20-8-6-5-7-9-20)12-14-27-19-21-10-11-24(28-3)25(17-21)29-4/h5-11,17,22-23,27H,12-16,18-19H2,1-4H3/p+1/t22-,23-/m0/s1. The van der Waals surface area contributed by atoms with Gasteiger partial charge in [0.05, 0.1) is 26.4 Å². The summed E-state index contributed by atoms with van der Waals surface area (Å²) >= 11 is 0. The summed E-state index contributed by atoms with van der Waals surface area (Å²) in [5.41, 5.74) is 2.72. The first-order valence-electron chi connectivity index (χ1n) is 11.2. The van der Waals surface area contributed by atoms with Crippen molar-refractivity contribution in [2.24, 2.45) is 11.8 Å². The third-order valence-electron chi connectivity index (χ3n) is 6.31. The van der Waals surface area contributed by atoms with E-state index in [2.05, 4.69) is 61.6 Å². The van der Waals surface area contributed by atoms with Crippen LogP contribution in [-0.2, 0) is 17.7 Å². The van der Waals surface area contributed by atoms with Crippen molar-refractivity contribution < 1.29 is 19.5 Å². The van der Waals surface area contributed by atoms with Crippen molar-refractivity contribution in [1.82, 2.24) is 0 Å². The van der Waals surface area contributed by atoms with Crippen LogP contribution >= 0.6 is 0 Å². The van der Waals surface area contributed by atoms with E-state index in [0.29, 0.717) is 5.92 Å². The van der Waals surface area contributed by atoms with E-state index in [1.165, 1.54) is 24.0 Å². The van der Waals surface area contributed by atoms with E-state index in [1.807, 2.05) is 6.07 Å². The second kappa shape index (κ2) is 10.8. The van der Waals surface area contributed by atoms with E-state index in [0.717, 1.165) is 50.0 Å². The lowest BCUT2D eigenvalue weighted by molar-refractivity contribution is -0.671. The summed E-state index contributed by atoms with van der Waals surface area (Å²) in [7, 11) is 3.36. The molecule has 2 N–H and O–H groups in total. The van der Waals surface area contributed by atoms with Gasteiger partial charge in [-0.3, -0.25) is 0 Å². The second-order valence-corrected chi connectivity index (χ2v) is 9.07. The smallest absolute Gasteiger partial charge is 0.161 e. The lowest BCUT2D eigenvalue weighted by Crippen LogP contribution is -2.82. The largest absolute Gasteiger partial charge is 0.493 e. The Balaban J connectivity index is 1.58. The number of hydrogen-bond donors (Lipinski definition) is 1. The maximum atomic E-state index is 5.99. The van der Waals surface area contributed by atoms with Crippen LogP contribution in [0.2, 0.25) is 0 Å². The fourth-order valence-corrected chi connectivity index (χ4v) is 4.71. The molecular formula is C26H38NO3+. The first kappa shape index (κ1) is 22.6. The fraction of sp³-hybridized carbons (Fsp3) is 0.538. The Morgan fingerprint density at radius 2 is 1.80 bits per heavy atom. The molecule has 0 aromatic heterocycles. The zero-order valence-corrected chi connectivity index (χ0v) is 19.0. The molecule has 1 heterocycles. The number of quaternary nitrogens is 1. The van der Waals surface area contributed by atoms with Gasteiger partial charge in [-0.25, -0.2) is 0 Å². The highest BCUT2D eigenvalue weighted by molar-refractivity contribution is 5.42. The fourth-order valence-electron chi connectivity index (χ4n) is 4.71. The molecule has 1 aliphatic heterocycles. The van der Waals surface area contributed by atoms with E-state index < -0.39 is 0 Å². The molecule has 30 heavy (non-hydrogen) atoms. The van der Waals surface area contributed by atoms with Gasteiger partial charge < -0.3 is 19.5 Å². The Bertz CT molecular complexity index is 775. The SMILES string of the molecule is COc1ccc(C[NH2+]CC[C@@H](Cc2ccccc2)[C@H]2CCOC(C)(C)C2)cc1OC. The first-order chi connectivity index (χ1) is 14.5. The third-order valence-corrected chi connectivity index (χ3v) is 6.31. The van der Waals surface area contributed by atoms with E-state index >= 15 is 0 Å². The van der Waals surface area contributed by atoms with Crippen molar-refractivity contribution in [2.45, 2.75) is 51.7 Å². The molecule has 0 amide bonds. The minimum absolute atomic E-state index is 0.00121. The van der Waals surface area contributed by atoms with Crippen LogP contribution in [-0.4, -0.2) is 33.0 Å². The van der Waals surface area contributed by atoms with Crippen LogP contribution in [0.15, 0.2) is 48.5 Å². The van der Waals surface area contributed by atoms with E-state index in [4.69, 9.17) is 14.2 Å². The van der Waals surface area contributed by atoms with Crippen molar-refractivity contribution in [2.75, 3.05) is 27.4 Å². The lowest BCUT2D eigenvalue weighted by atomic mass is 9.75. The Morgan fingerprint density at radius 3 is 2.50 bits per heavy atom. The Kier molecular flexibility index (Phi) is 8.17. The van der Waals surface area contributed by atoms with Gasteiger partial charge in [0.2, 0.25) is 0 Å². The summed E-state index contributed by atoms with van der Waals surface area (Å²) in [6, 6.07) is 17.2.